The van der Waals surface area contributed by atoms with Crippen molar-refractivity contribution < 1.29 is 19.1 Å². The molecule has 0 saturated carbocycles. The number of rotatable bonds is 6. The minimum atomic E-state index is -0.979. The van der Waals surface area contributed by atoms with Crippen LogP contribution in [0.1, 0.15) is 33.3 Å². The summed E-state index contributed by atoms with van der Waals surface area (Å²) in [5.41, 5.74) is 0.235. The number of carbonyl (C=O) groups excluding carboxylic acids is 1. The van der Waals surface area contributed by atoms with Gasteiger partial charge in [0.15, 0.2) is 0 Å². The second kappa shape index (κ2) is 7.55. The zero-order valence-corrected chi connectivity index (χ0v) is 14.3. The molecule has 0 aliphatic heterocycles. The van der Waals surface area contributed by atoms with E-state index in [0.717, 1.165) is 0 Å². The van der Waals surface area contributed by atoms with E-state index in [-0.39, 0.29) is 24.8 Å². The molecule has 0 heterocycles. The number of carboxylic acid groups (broad SMARTS) is 1. The minimum Gasteiger partial charge on any atom is -0.480 e. The highest BCUT2D eigenvalue weighted by molar-refractivity contribution is 5.80. The molecule has 1 amide bonds. The number of carbonyl (C=O) groups is 2. The first-order chi connectivity index (χ1) is 10.5. The van der Waals surface area contributed by atoms with Gasteiger partial charge in [0, 0.05) is 12.1 Å². The van der Waals surface area contributed by atoms with Crippen molar-refractivity contribution in [3.8, 4) is 0 Å². The van der Waals surface area contributed by atoms with Crippen LogP contribution in [-0.4, -0.2) is 52.0 Å². The summed E-state index contributed by atoms with van der Waals surface area (Å²) < 4.78 is 13.3. The monoisotopic (exact) mass is 324 g/mol. The Morgan fingerprint density at radius 1 is 1.30 bits per heavy atom. The molecule has 1 N–H and O–H groups in total. The third kappa shape index (κ3) is 5.63. The highest BCUT2D eigenvalue weighted by Crippen LogP contribution is 2.18. The summed E-state index contributed by atoms with van der Waals surface area (Å²) in [5.74, 6) is -1.52. The number of benzene rings is 1. The first-order valence-electron chi connectivity index (χ1n) is 7.50. The van der Waals surface area contributed by atoms with Gasteiger partial charge in [-0.25, -0.2) is 4.39 Å². The van der Waals surface area contributed by atoms with Crippen LogP contribution in [-0.2, 0) is 16.1 Å². The maximum absolute atomic E-state index is 13.3. The van der Waals surface area contributed by atoms with Crippen LogP contribution in [0.3, 0.4) is 0 Å². The fraction of sp³-hybridized carbons (Fsp3) is 0.529. The SMILES string of the molecule is CC(C(=O)O)N(C)CC(=O)N(Cc1cccc(F)c1)C(C)(C)C. The first-order valence-corrected chi connectivity index (χ1v) is 7.50. The predicted octanol–water partition coefficient (Wildman–Crippen LogP) is 2.36. The van der Waals surface area contributed by atoms with Gasteiger partial charge in [-0.2, -0.15) is 0 Å². The van der Waals surface area contributed by atoms with Crippen LogP contribution in [0.5, 0.6) is 0 Å². The molecule has 0 fully saturated rings. The van der Waals surface area contributed by atoms with Crippen LogP contribution in [0.25, 0.3) is 0 Å². The second-order valence-electron chi connectivity index (χ2n) is 6.71. The molecule has 1 unspecified atom stereocenters. The lowest BCUT2D eigenvalue weighted by atomic mass is 10.0. The molecule has 0 aliphatic carbocycles. The molecule has 0 spiro atoms. The molecule has 0 radical (unpaired) electrons. The zero-order valence-electron chi connectivity index (χ0n) is 14.3. The number of amides is 1. The van der Waals surface area contributed by atoms with Crippen molar-refractivity contribution in [2.45, 2.75) is 45.8 Å². The van der Waals surface area contributed by atoms with Gasteiger partial charge in [-0.15, -0.1) is 0 Å². The van der Waals surface area contributed by atoms with Crippen molar-refractivity contribution in [1.82, 2.24) is 9.80 Å². The van der Waals surface area contributed by atoms with E-state index < -0.39 is 17.6 Å². The van der Waals surface area contributed by atoms with Crippen molar-refractivity contribution in [2.24, 2.45) is 0 Å². The Bertz CT molecular complexity index is 569. The van der Waals surface area contributed by atoms with E-state index >= 15 is 0 Å². The number of hydrogen-bond donors (Lipinski definition) is 1. The summed E-state index contributed by atoms with van der Waals surface area (Å²) in [6.45, 7) is 7.47. The fourth-order valence-electron chi connectivity index (χ4n) is 2.14. The van der Waals surface area contributed by atoms with Gasteiger partial charge in [0.1, 0.15) is 11.9 Å². The van der Waals surface area contributed by atoms with Gasteiger partial charge >= 0.3 is 5.97 Å². The molecule has 1 aromatic carbocycles. The summed E-state index contributed by atoms with van der Waals surface area (Å²) in [7, 11) is 1.60. The van der Waals surface area contributed by atoms with E-state index in [4.69, 9.17) is 5.11 Å². The van der Waals surface area contributed by atoms with Gasteiger partial charge in [-0.05, 0) is 52.4 Å². The highest BCUT2D eigenvalue weighted by Gasteiger charge is 2.29. The smallest absolute Gasteiger partial charge is 0.320 e. The Labute approximate surface area is 136 Å². The Morgan fingerprint density at radius 3 is 2.39 bits per heavy atom. The lowest BCUT2D eigenvalue weighted by Gasteiger charge is -2.37. The zero-order chi connectivity index (χ0) is 17.8. The topological polar surface area (TPSA) is 60.9 Å². The van der Waals surface area contributed by atoms with E-state index in [1.807, 2.05) is 20.8 Å². The second-order valence-corrected chi connectivity index (χ2v) is 6.71. The third-order valence-electron chi connectivity index (χ3n) is 3.74. The number of hydrogen-bond acceptors (Lipinski definition) is 3. The number of aliphatic carboxylic acids is 1. The van der Waals surface area contributed by atoms with Crippen LogP contribution in [0, 0.1) is 5.82 Å². The Hall–Kier alpha value is -1.95. The van der Waals surface area contributed by atoms with Crippen LogP contribution in [0.2, 0.25) is 0 Å². The summed E-state index contributed by atoms with van der Waals surface area (Å²) in [5, 5.41) is 9.02. The molecule has 0 saturated heterocycles. The number of halogens is 1. The summed E-state index contributed by atoms with van der Waals surface area (Å²) >= 11 is 0. The van der Waals surface area contributed by atoms with Crippen LogP contribution >= 0.6 is 0 Å². The molecular formula is C17H25FN2O3. The van der Waals surface area contributed by atoms with E-state index in [0.29, 0.717) is 5.56 Å². The maximum Gasteiger partial charge on any atom is 0.320 e. The largest absolute Gasteiger partial charge is 0.480 e. The molecule has 23 heavy (non-hydrogen) atoms. The van der Waals surface area contributed by atoms with Crippen LogP contribution in [0.15, 0.2) is 24.3 Å². The summed E-state index contributed by atoms with van der Waals surface area (Å²) in [6.07, 6.45) is 0. The summed E-state index contributed by atoms with van der Waals surface area (Å²) in [4.78, 5) is 26.7. The number of carboxylic acids is 1. The van der Waals surface area contributed by atoms with Crippen molar-refractivity contribution in [3.05, 3.63) is 35.6 Å². The molecule has 1 rings (SSSR count). The van der Waals surface area contributed by atoms with E-state index in [1.165, 1.54) is 24.0 Å². The van der Waals surface area contributed by atoms with Crippen molar-refractivity contribution in [2.75, 3.05) is 13.6 Å². The lowest BCUT2D eigenvalue weighted by molar-refractivity contribution is -0.144. The molecule has 0 aromatic heterocycles. The molecular weight excluding hydrogens is 299 g/mol. The third-order valence-corrected chi connectivity index (χ3v) is 3.74. The maximum atomic E-state index is 13.3. The Kier molecular flexibility index (Phi) is 6.27. The number of nitrogens with zero attached hydrogens (tertiary/aromatic N) is 2. The Morgan fingerprint density at radius 2 is 1.91 bits per heavy atom. The van der Waals surface area contributed by atoms with Crippen LogP contribution < -0.4 is 0 Å². The molecule has 6 heteroatoms. The number of likely N-dealkylation sites (N-methyl/N-ethyl adjacent to an activating group) is 1. The first kappa shape index (κ1) is 19.1. The lowest BCUT2D eigenvalue weighted by Crippen LogP contribution is -2.50. The quantitative estimate of drug-likeness (QED) is 0.872. The van der Waals surface area contributed by atoms with Crippen molar-refractivity contribution in [1.29, 1.82) is 0 Å². The van der Waals surface area contributed by atoms with Gasteiger partial charge < -0.3 is 10.0 Å². The van der Waals surface area contributed by atoms with Gasteiger partial charge in [-0.1, -0.05) is 12.1 Å². The minimum absolute atomic E-state index is 0.0138. The summed E-state index contributed by atoms with van der Waals surface area (Å²) in [6, 6.07) is 5.37. The molecule has 0 bridgehead atoms. The predicted molar refractivity (Wildman–Crippen MR) is 86.4 cm³/mol. The average Bonchev–Trinajstić information content (AvgIpc) is 2.42. The van der Waals surface area contributed by atoms with Gasteiger partial charge in [0.25, 0.3) is 0 Å². The van der Waals surface area contributed by atoms with Gasteiger partial charge in [-0.3, -0.25) is 14.5 Å². The van der Waals surface area contributed by atoms with Crippen molar-refractivity contribution in [3.63, 3.8) is 0 Å². The van der Waals surface area contributed by atoms with Gasteiger partial charge in [0.2, 0.25) is 5.91 Å². The van der Waals surface area contributed by atoms with E-state index in [9.17, 15) is 14.0 Å². The molecule has 1 atom stereocenters. The Balaban J connectivity index is 2.90. The molecule has 0 aliphatic rings. The van der Waals surface area contributed by atoms with Crippen LogP contribution in [0.4, 0.5) is 4.39 Å². The standard InChI is InChI=1S/C17H25FN2O3/c1-12(16(22)23)19(5)11-15(21)20(17(2,3)4)10-13-7-6-8-14(18)9-13/h6-9,12H,10-11H2,1-5H3,(H,22,23). The van der Waals surface area contributed by atoms with Crippen molar-refractivity contribution >= 4 is 11.9 Å². The normalized spacial score (nSPS) is 13.0. The highest BCUT2D eigenvalue weighted by atomic mass is 19.1. The van der Waals surface area contributed by atoms with E-state index in [1.54, 1.807) is 24.1 Å². The molecule has 1 aromatic rings. The molecule has 5 nitrogen and oxygen atoms in total. The van der Waals surface area contributed by atoms with E-state index in [2.05, 4.69) is 0 Å². The average molecular weight is 324 g/mol. The molecule has 128 valence electrons. The fourth-order valence-corrected chi connectivity index (χ4v) is 2.14. The van der Waals surface area contributed by atoms with Gasteiger partial charge in [0.05, 0.1) is 6.54 Å².